The summed E-state index contributed by atoms with van der Waals surface area (Å²) in [4.78, 5) is 19.5. The number of rotatable bonds is 4. The topological polar surface area (TPSA) is 60.2 Å². The van der Waals surface area contributed by atoms with E-state index in [9.17, 15) is 4.79 Å². The number of amides is 1. The summed E-state index contributed by atoms with van der Waals surface area (Å²) in [5.74, 6) is 0.0509. The van der Waals surface area contributed by atoms with Crippen molar-refractivity contribution >= 4 is 16.9 Å². The first-order chi connectivity index (χ1) is 11.5. The van der Waals surface area contributed by atoms with Crippen molar-refractivity contribution in [2.75, 3.05) is 19.7 Å². The smallest absolute Gasteiger partial charge is 0.255 e. The quantitative estimate of drug-likeness (QED) is 0.864. The molecular weight excluding hydrogens is 304 g/mol. The van der Waals surface area contributed by atoms with Gasteiger partial charge in [-0.3, -0.25) is 9.48 Å². The number of aromatic nitrogens is 3. The lowest BCUT2D eigenvalue weighted by molar-refractivity contribution is 0.00207. The summed E-state index contributed by atoms with van der Waals surface area (Å²) >= 11 is 0. The maximum Gasteiger partial charge on any atom is 0.255 e. The van der Waals surface area contributed by atoms with Crippen LogP contribution in [-0.2, 0) is 11.8 Å². The zero-order chi connectivity index (χ0) is 17.3. The van der Waals surface area contributed by atoms with Crippen LogP contribution in [0.3, 0.4) is 0 Å². The first kappa shape index (κ1) is 16.9. The molecule has 0 bridgehead atoms. The number of carbonyl (C=O) groups is 1. The number of nitrogens with zero attached hydrogens (tertiary/aromatic N) is 4. The van der Waals surface area contributed by atoms with Gasteiger partial charge in [0, 0.05) is 32.1 Å². The van der Waals surface area contributed by atoms with Crippen molar-refractivity contribution in [2.24, 2.45) is 7.05 Å². The van der Waals surface area contributed by atoms with Crippen molar-refractivity contribution in [3.05, 3.63) is 23.0 Å². The molecule has 0 spiro atoms. The number of pyridine rings is 1. The van der Waals surface area contributed by atoms with Gasteiger partial charge in [-0.2, -0.15) is 5.10 Å². The fourth-order valence-corrected chi connectivity index (χ4v) is 3.36. The SMILES string of the molecule is CCCOC1CCCN(C(=O)c2cc3c(C)nn(C)c3nc2C)C1. The third-order valence-electron chi connectivity index (χ3n) is 4.64. The number of hydrogen-bond donors (Lipinski definition) is 0. The monoisotopic (exact) mass is 330 g/mol. The minimum absolute atomic E-state index is 0.0509. The van der Waals surface area contributed by atoms with Crippen LogP contribution in [0.15, 0.2) is 6.07 Å². The van der Waals surface area contributed by atoms with Crippen molar-refractivity contribution < 1.29 is 9.53 Å². The largest absolute Gasteiger partial charge is 0.376 e. The number of fused-ring (bicyclic) bond motifs is 1. The molecule has 1 aliphatic rings. The summed E-state index contributed by atoms with van der Waals surface area (Å²) in [6.45, 7) is 8.16. The van der Waals surface area contributed by atoms with E-state index in [1.807, 2.05) is 31.9 Å². The third-order valence-corrected chi connectivity index (χ3v) is 4.64. The average Bonchev–Trinajstić information content (AvgIpc) is 2.85. The second kappa shape index (κ2) is 6.89. The van der Waals surface area contributed by atoms with Gasteiger partial charge in [0.15, 0.2) is 5.65 Å². The van der Waals surface area contributed by atoms with Crippen molar-refractivity contribution in [3.8, 4) is 0 Å². The summed E-state index contributed by atoms with van der Waals surface area (Å²) < 4.78 is 7.61. The van der Waals surface area contributed by atoms with Crippen molar-refractivity contribution in [3.63, 3.8) is 0 Å². The van der Waals surface area contributed by atoms with Crippen LogP contribution in [0.5, 0.6) is 0 Å². The minimum atomic E-state index is 0.0509. The van der Waals surface area contributed by atoms with Gasteiger partial charge < -0.3 is 9.64 Å². The number of hydrogen-bond acceptors (Lipinski definition) is 4. The number of piperidine rings is 1. The van der Waals surface area contributed by atoms with E-state index < -0.39 is 0 Å². The van der Waals surface area contributed by atoms with Crippen LogP contribution >= 0.6 is 0 Å². The van der Waals surface area contributed by atoms with E-state index in [0.717, 1.165) is 54.8 Å². The Morgan fingerprint density at radius 3 is 2.92 bits per heavy atom. The zero-order valence-electron chi connectivity index (χ0n) is 15.0. The molecule has 2 aromatic heterocycles. The molecular formula is C18H26N4O2. The molecule has 0 aliphatic carbocycles. The summed E-state index contributed by atoms with van der Waals surface area (Å²) in [5, 5.41) is 5.35. The van der Waals surface area contributed by atoms with Crippen molar-refractivity contribution in [1.29, 1.82) is 0 Å². The highest BCUT2D eigenvalue weighted by atomic mass is 16.5. The molecule has 1 atom stereocenters. The summed E-state index contributed by atoms with van der Waals surface area (Å²) in [6.07, 6.45) is 3.17. The normalized spacial score (nSPS) is 18.3. The molecule has 6 heteroatoms. The average molecular weight is 330 g/mol. The van der Waals surface area contributed by atoms with E-state index in [1.54, 1.807) is 4.68 Å². The van der Waals surface area contributed by atoms with Crippen molar-refractivity contribution in [2.45, 2.75) is 46.1 Å². The molecule has 0 radical (unpaired) electrons. The molecule has 0 N–H and O–H groups in total. The van der Waals surface area contributed by atoms with E-state index >= 15 is 0 Å². The summed E-state index contributed by atoms with van der Waals surface area (Å²) in [6, 6.07) is 1.94. The van der Waals surface area contributed by atoms with Crippen LogP contribution in [0.2, 0.25) is 0 Å². The first-order valence-electron chi connectivity index (χ1n) is 8.73. The van der Waals surface area contributed by atoms with E-state index in [0.29, 0.717) is 12.1 Å². The molecule has 130 valence electrons. The highest BCUT2D eigenvalue weighted by Gasteiger charge is 2.26. The molecule has 1 amide bonds. The molecule has 24 heavy (non-hydrogen) atoms. The van der Waals surface area contributed by atoms with Crippen LogP contribution in [0.4, 0.5) is 0 Å². The zero-order valence-corrected chi connectivity index (χ0v) is 15.0. The van der Waals surface area contributed by atoms with Crippen LogP contribution < -0.4 is 0 Å². The molecule has 3 rings (SSSR count). The Labute approximate surface area is 142 Å². The van der Waals surface area contributed by atoms with Crippen LogP contribution in [0.1, 0.15) is 47.9 Å². The summed E-state index contributed by atoms with van der Waals surface area (Å²) in [7, 11) is 1.88. The number of ether oxygens (including phenoxy) is 1. The molecule has 0 aromatic carbocycles. The van der Waals surface area contributed by atoms with Gasteiger partial charge in [0.1, 0.15) is 0 Å². The van der Waals surface area contributed by atoms with E-state index in [-0.39, 0.29) is 12.0 Å². The van der Waals surface area contributed by atoms with Gasteiger partial charge in [-0.15, -0.1) is 0 Å². The minimum Gasteiger partial charge on any atom is -0.376 e. The first-order valence-corrected chi connectivity index (χ1v) is 8.73. The molecule has 1 aliphatic heterocycles. The number of carbonyl (C=O) groups excluding carboxylic acids is 1. The van der Waals surface area contributed by atoms with Gasteiger partial charge in [-0.1, -0.05) is 6.92 Å². The second-order valence-corrected chi connectivity index (χ2v) is 6.59. The number of aryl methyl sites for hydroxylation is 3. The fourth-order valence-electron chi connectivity index (χ4n) is 3.36. The fraction of sp³-hybridized carbons (Fsp3) is 0.611. The molecule has 1 unspecified atom stereocenters. The number of likely N-dealkylation sites (tertiary alicyclic amines) is 1. The van der Waals surface area contributed by atoms with E-state index in [2.05, 4.69) is 17.0 Å². The van der Waals surface area contributed by atoms with Gasteiger partial charge in [-0.25, -0.2) is 4.98 Å². The highest BCUT2D eigenvalue weighted by molar-refractivity contribution is 5.98. The lowest BCUT2D eigenvalue weighted by Crippen LogP contribution is -2.43. The summed E-state index contributed by atoms with van der Waals surface area (Å²) in [5.41, 5.74) is 3.16. The van der Waals surface area contributed by atoms with Crippen LogP contribution in [0, 0.1) is 13.8 Å². The molecule has 2 aromatic rings. The van der Waals surface area contributed by atoms with E-state index in [1.165, 1.54) is 0 Å². The van der Waals surface area contributed by atoms with Crippen molar-refractivity contribution in [1.82, 2.24) is 19.7 Å². The molecule has 0 saturated carbocycles. The van der Waals surface area contributed by atoms with Crippen LogP contribution in [-0.4, -0.2) is 51.4 Å². The van der Waals surface area contributed by atoms with Gasteiger partial charge in [0.05, 0.1) is 23.1 Å². The van der Waals surface area contributed by atoms with Gasteiger partial charge >= 0.3 is 0 Å². The predicted octanol–water partition coefficient (Wildman–Crippen LogP) is 2.62. The maximum atomic E-state index is 13.0. The molecule has 1 saturated heterocycles. The third kappa shape index (κ3) is 3.15. The Kier molecular flexibility index (Phi) is 4.85. The Bertz CT molecular complexity index is 753. The van der Waals surface area contributed by atoms with Crippen LogP contribution in [0.25, 0.3) is 11.0 Å². The Balaban J connectivity index is 1.85. The van der Waals surface area contributed by atoms with Gasteiger partial charge in [-0.05, 0) is 39.2 Å². The van der Waals surface area contributed by atoms with Gasteiger partial charge in [0.25, 0.3) is 5.91 Å². The standard InChI is InChI=1S/C18H26N4O2/c1-5-9-24-14-7-6-8-22(11-14)18(23)16-10-15-13(3)20-21(4)17(15)19-12(16)2/h10,14H,5-9,11H2,1-4H3. The predicted molar refractivity (Wildman–Crippen MR) is 93.2 cm³/mol. The van der Waals surface area contributed by atoms with Gasteiger partial charge in [0.2, 0.25) is 0 Å². The van der Waals surface area contributed by atoms with E-state index in [4.69, 9.17) is 4.74 Å². The molecule has 3 heterocycles. The second-order valence-electron chi connectivity index (χ2n) is 6.59. The Morgan fingerprint density at radius 2 is 2.17 bits per heavy atom. The Hall–Kier alpha value is -1.95. The highest BCUT2D eigenvalue weighted by Crippen LogP contribution is 2.22. The lowest BCUT2D eigenvalue weighted by Gasteiger charge is -2.33. The molecule has 6 nitrogen and oxygen atoms in total. The Morgan fingerprint density at radius 1 is 1.38 bits per heavy atom. The lowest BCUT2D eigenvalue weighted by atomic mass is 10.1. The maximum absolute atomic E-state index is 13.0. The molecule has 1 fully saturated rings.